The highest BCUT2D eigenvalue weighted by Gasteiger charge is 2.46. The van der Waals surface area contributed by atoms with Crippen LogP contribution < -0.4 is 0 Å². The lowest BCUT2D eigenvalue weighted by molar-refractivity contribution is -0.103. The summed E-state index contributed by atoms with van der Waals surface area (Å²) in [4.78, 5) is 19.2. The third-order valence-corrected chi connectivity index (χ3v) is 7.62. The van der Waals surface area contributed by atoms with Crippen LogP contribution in [-0.4, -0.2) is 69.5 Å². The van der Waals surface area contributed by atoms with Crippen molar-refractivity contribution in [1.29, 1.82) is 0 Å². The predicted octanol–water partition coefficient (Wildman–Crippen LogP) is 3.95. The lowest BCUT2D eigenvalue weighted by Gasteiger charge is -2.48. The van der Waals surface area contributed by atoms with Gasteiger partial charge >= 0.3 is 12.6 Å². The number of amides is 1. The number of benzene rings is 1. The minimum absolute atomic E-state index is 0.0212. The van der Waals surface area contributed by atoms with E-state index in [-0.39, 0.29) is 43.1 Å². The summed E-state index contributed by atoms with van der Waals surface area (Å²) in [6.45, 7) is 1.82. The molecule has 0 bridgehead atoms. The van der Waals surface area contributed by atoms with Gasteiger partial charge in [-0.15, -0.1) is 0 Å². The Morgan fingerprint density at radius 3 is 2.49 bits per heavy atom. The highest BCUT2D eigenvalue weighted by molar-refractivity contribution is 7.90. The monoisotopic (exact) mass is 548 g/mol. The largest absolute Gasteiger partial charge is 0.465 e. The van der Waals surface area contributed by atoms with Gasteiger partial charge in [-0.2, -0.15) is 8.78 Å². The zero-order valence-corrected chi connectivity index (χ0v) is 21.5. The molecule has 0 aliphatic carbocycles. The summed E-state index contributed by atoms with van der Waals surface area (Å²) in [6.07, 6.45) is -1.46. The summed E-state index contributed by atoms with van der Waals surface area (Å²) in [7, 11) is -4.00. The maximum Gasteiger partial charge on any atom is 0.408 e. The van der Waals surface area contributed by atoms with Crippen LogP contribution in [-0.2, 0) is 27.7 Å². The Morgan fingerprint density at radius 1 is 1.24 bits per heavy atom. The molecule has 1 aromatic carbocycles. The third kappa shape index (κ3) is 5.18. The molecule has 0 unspecified atom stereocenters. The molecule has 1 fully saturated rings. The van der Waals surface area contributed by atoms with Crippen molar-refractivity contribution < 1.29 is 40.6 Å². The van der Waals surface area contributed by atoms with E-state index in [1.807, 2.05) is 0 Å². The van der Waals surface area contributed by atoms with E-state index >= 15 is 0 Å². The average Bonchev–Trinajstić information content (AvgIpc) is 3.32. The highest BCUT2D eigenvalue weighted by atomic mass is 32.2. The summed E-state index contributed by atoms with van der Waals surface area (Å²) in [6, 6.07) is 1.44. The average molecular weight is 549 g/mol. The van der Waals surface area contributed by atoms with Crippen LogP contribution in [0.5, 0.6) is 0 Å². The standard InChI is InChI=1S/C23H28F4N4O5S/c1-23(2,3)31(22(32)33)17-8-13(11-36-19(17)14-7-12(24)5-6-15(14)25)29-9-16-18(10-29)30(20(26)27)21(28-16)37(4,34)35/h5-7,13,17,19-20H,8-11H2,1-4H3,(H,32,33)/t13-,17+,19-/m1/s1. The van der Waals surface area contributed by atoms with Crippen molar-refractivity contribution in [3.8, 4) is 0 Å². The topological polar surface area (TPSA) is 105 Å². The molecule has 14 heteroatoms. The van der Waals surface area contributed by atoms with Gasteiger partial charge < -0.3 is 9.84 Å². The molecular weight excluding hydrogens is 520 g/mol. The van der Waals surface area contributed by atoms with Crippen molar-refractivity contribution in [1.82, 2.24) is 19.4 Å². The molecule has 37 heavy (non-hydrogen) atoms. The molecule has 1 aromatic heterocycles. The van der Waals surface area contributed by atoms with E-state index < -0.39 is 63.0 Å². The summed E-state index contributed by atoms with van der Waals surface area (Å²) >= 11 is 0. The van der Waals surface area contributed by atoms with Crippen molar-refractivity contribution in [2.45, 2.75) is 75.7 Å². The molecule has 3 atom stereocenters. The Labute approximate surface area is 211 Å². The van der Waals surface area contributed by atoms with E-state index in [9.17, 15) is 35.9 Å². The zero-order chi connectivity index (χ0) is 27.4. The number of rotatable bonds is 5. The second kappa shape index (κ2) is 9.55. The fourth-order valence-corrected chi connectivity index (χ4v) is 6.01. The molecule has 0 radical (unpaired) electrons. The summed E-state index contributed by atoms with van der Waals surface area (Å²) in [5, 5.41) is 9.34. The Balaban J connectivity index is 1.67. The van der Waals surface area contributed by atoms with Crippen LogP contribution in [0, 0.1) is 11.6 Å². The van der Waals surface area contributed by atoms with Crippen LogP contribution in [0.2, 0.25) is 0 Å². The first kappa shape index (κ1) is 27.3. The second-order valence-corrected chi connectivity index (χ2v) is 12.2. The molecular formula is C23H28F4N4O5S. The molecule has 4 rings (SSSR count). The number of hydrogen-bond donors (Lipinski definition) is 1. The van der Waals surface area contributed by atoms with E-state index in [0.29, 0.717) is 4.57 Å². The number of alkyl halides is 2. The minimum Gasteiger partial charge on any atom is -0.465 e. The fraction of sp³-hybridized carbons (Fsp3) is 0.565. The van der Waals surface area contributed by atoms with E-state index in [0.717, 1.165) is 29.4 Å². The van der Waals surface area contributed by atoms with Crippen LogP contribution in [0.4, 0.5) is 22.4 Å². The Hall–Kier alpha value is -2.71. The lowest BCUT2D eigenvalue weighted by Crippen LogP contribution is -2.58. The van der Waals surface area contributed by atoms with Crippen molar-refractivity contribution in [3.63, 3.8) is 0 Å². The predicted molar refractivity (Wildman–Crippen MR) is 123 cm³/mol. The smallest absolute Gasteiger partial charge is 0.408 e. The number of carbonyl (C=O) groups is 1. The lowest BCUT2D eigenvalue weighted by atomic mass is 9.88. The van der Waals surface area contributed by atoms with E-state index in [1.165, 1.54) is 0 Å². The van der Waals surface area contributed by atoms with Gasteiger partial charge in [-0.05, 0) is 45.4 Å². The normalized spacial score (nSPS) is 22.9. The van der Waals surface area contributed by atoms with Gasteiger partial charge in [0.2, 0.25) is 15.0 Å². The molecule has 204 valence electrons. The zero-order valence-electron chi connectivity index (χ0n) is 20.7. The summed E-state index contributed by atoms with van der Waals surface area (Å²) in [5.74, 6) is -1.45. The number of aromatic nitrogens is 2. The number of fused-ring (bicyclic) bond motifs is 1. The maximum absolute atomic E-state index is 14.7. The molecule has 9 nitrogen and oxygen atoms in total. The van der Waals surface area contributed by atoms with E-state index in [2.05, 4.69) is 4.98 Å². The second-order valence-electron chi connectivity index (χ2n) is 10.3. The van der Waals surface area contributed by atoms with E-state index in [1.54, 1.807) is 25.7 Å². The van der Waals surface area contributed by atoms with Crippen molar-refractivity contribution >= 4 is 15.9 Å². The fourth-order valence-electron chi connectivity index (χ4n) is 5.19. The number of imidazole rings is 1. The molecule has 2 aliphatic heterocycles. The number of hydrogen-bond acceptors (Lipinski definition) is 6. The van der Waals surface area contributed by atoms with Crippen molar-refractivity contribution in [3.05, 3.63) is 46.8 Å². The van der Waals surface area contributed by atoms with Crippen LogP contribution in [0.1, 0.15) is 56.8 Å². The van der Waals surface area contributed by atoms with Gasteiger partial charge in [0.05, 0.1) is 24.0 Å². The van der Waals surface area contributed by atoms with E-state index in [4.69, 9.17) is 4.74 Å². The van der Waals surface area contributed by atoms with Crippen molar-refractivity contribution in [2.24, 2.45) is 0 Å². The molecule has 3 heterocycles. The summed E-state index contributed by atoms with van der Waals surface area (Å²) in [5.41, 5.74) is -0.819. The molecule has 1 amide bonds. The van der Waals surface area contributed by atoms with Crippen LogP contribution >= 0.6 is 0 Å². The van der Waals surface area contributed by atoms with Gasteiger partial charge in [-0.25, -0.2) is 27.0 Å². The molecule has 0 spiro atoms. The molecule has 0 saturated carbocycles. The van der Waals surface area contributed by atoms with Crippen LogP contribution in [0.3, 0.4) is 0 Å². The quantitative estimate of drug-likeness (QED) is 0.564. The highest BCUT2D eigenvalue weighted by Crippen LogP contribution is 2.40. The van der Waals surface area contributed by atoms with Gasteiger partial charge in [0, 0.05) is 36.5 Å². The first-order valence-electron chi connectivity index (χ1n) is 11.5. The Morgan fingerprint density at radius 2 is 1.92 bits per heavy atom. The van der Waals surface area contributed by atoms with Gasteiger partial charge in [0.15, 0.2) is 0 Å². The number of ether oxygens (including phenoxy) is 1. The molecule has 1 N–H and O–H groups in total. The Bertz CT molecular complexity index is 1310. The number of carboxylic acid groups (broad SMARTS) is 1. The number of halogens is 4. The Kier molecular flexibility index (Phi) is 7.05. The maximum atomic E-state index is 14.7. The third-order valence-electron chi connectivity index (χ3n) is 6.67. The van der Waals surface area contributed by atoms with Crippen molar-refractivity contribution in [2.75, 3.05) is 12.9 Å². The molecule has 1 saturated heterocycles. The molecule has 2 aromatic rings. The number of nitrogens with zero attached hydrogens (tertiary/aromatic N) is 4. The van der Waals surface area contributed by atoms with Gasteiger partial charge in [-0.1, -0.05) is 0 Å². The minimum atomic E-state index is -4.00. The van der Waals surface area contributed by atoms with Gasteiger partial charge in [0.25, 0.3) is 0 Å². The SMILES string of the molecule is CC(C)(C)N(C(=O)O)[C@H]1C[C@@H](N2Cc3nc(S(C)(=O)=O)n(C(F)F)c3C2)CO[C@@H]1c1cc(F)ccc1F. The van der Waals surface area contributed by atoms with Crippen LogP contribution in [0.25, 0.3) is 0 Å². The number of sulfone groups is 1. The summed E-state index contributed by atoms with van der Waals surface area (Å²) < 4.78 is 86.6. The first-order chi connectivity index (χ1) is 17.1. The molecule has 2 aliphatic rings. The van der Waals surface area contributed by atoms with Gasteiger partial charge in [0.1, 0.15) is 17.7 Å². The first-order valence-corrected chi connectivity index (χ1v) is 13.4. The van der Waals surface area contributed by atoms with Gasteiger partial charge in [-0.3, -0.25) is 14.4 Å². The van der Waals surface area contributed by atoms with Crippen LogP contribution in [0.15, 0.2) is 23.4 Å².